The number of thioether (sulfide) groups is 1. The Bertz CT molecular complexity index is 366. The van der Waals surface area contributed by atoms with Gasteiger partial charge in [0, 0.05) is 21.5 Å². The van der Waals surface area contributed by atoms with Crippen LogP contribution in [0.5, 0.6) is 0 Å². The van der Waals surface area contributed by atoms with E-state index in [2.05, 4.69) is 28.2 Å². The van der Waals surface area contributed by atoms with E-state index in [1.165, 1.54) is 11.3 Å². The van der Waals surface area contributed by atoms with Gasteiger partial charge in [-0.15, -0.1) is 11.3 Å². The molecule has 1 aromatic rings. The minimum Gasteiger partial charge on any atom is -0.348 e. The lowest BCUT2D eigenvalue weighted by molar-refractivity contribution is 0.0944. The van der Waals surface area contributed by atoms with Crippen LogP contribution in [-0.4, -0.2) is 23.0 Å². The summed E-state index contributed by atoms with van der Waals surface area (Å²) in [6.07, 6.45) is 1.08. The summed E-state index contributed by atoms with van der Waals surface area (Å²) < 4.78 is 0.892. The molecule has 2 heterocycles. The van der Waals surface area contributed by atoms with Crippen molar-refractivity contribution in [3.05, 3.63) is 20.8 Å². The molecule has 2 rings (SSSR count). The van der Waals surface area contributed by atoms with Crippen LogP contribution in [0.1, 0.15) is 23.0 Å². The van der Waals surface area contributed by atoms with E-state index in [-0.39, 0.29) is 5.91 Å². The number of carbonyl (C=O) groups excluding carboxylic acids is 1. The largest absolute Gasteiger partial charge is 0.348 e. The Morgan fingerprint density at radius 1 is 1.67 bits per heavy atom. The number of carbonyl (C=O) groups is 1. The molecule has 0 aliphatic carbocycles. The predicted molar refractivity (Wildman–Crippen MR) is 69.8 cm³/mol. The topological polar surface area (TPSA) is 29.1 Å². The second-order valence-electron chi connectivity index (χ2n) is 3.65. The normalized spacial score (nSPS) is 25.5. The van der Waals surface area contributed by atoms with E-state index in [0.717, 1.165) is 21.5 Å². The van der Waals surface area contributed by atoms with Crippen LogP contribution in [-0.2, 0) is 0 Å². The van der Waals surface area contributed by atoms with E-state index >= 15 is 0 Å². The Labute approximate surface area is 106 Å². The summed E-state index contributed by atoms with van der Waals surface area (Å²) in [6.45, 7) is 2.21. The molecular weight excluding hydrogens is 294 g/mol. The van der Waals surface area contributed by atoms with Gasteiger partial charge in [0.15, 0.2) is 0 Å². The Kier molecular flexibility index (Phi) is 3.74. The first-order valence-corrected chi connectivity index (χ1v) is 7.54. The standard InChI is InChI=1S/C10H12BrNOS2/c1-6-4-7(5-15-6)12-10(13)9-8(11)2-3-14-9/h2-3,6-7H,4-5H2,1H3,(H,12,13). The van der Waals surface area contributed by atoms with Gasteiger partial charge in [-0.3, -0.25) is 4.79 Å². The van der Waals surface area contributed by atoms with Crippen molar-refractivity contribution in [2.75, 3.05) is 5.75 Å². The third kappa shape index (κ3) is 2.77. The quantitative estimate of drug-likeness (QED) is 0.909. The van der Waals surface area contributed by atoms with Gasteiger partial charge < -0.3 is 5.32 Å². The highest BCUT2D eigenvalue weighted by Gasteiger charge is 2.24. The van der Waals surface area contributed by atoms with Crippen molar-refractivity contribution in [1.29, 1.82) is 0 Å². The summed E-state index contributed by atoms with van der Waals surface area (Å²) >= 11 is 6.77. The van der Waals surface area contributed by atoms with Gasteiger partial charge in [-0.25, -0.2) is 0 Å². The maximum absolute atomic E-state index is 11.8. The van der Waals surface area contributed by atoms with Crippen molar-refractivity contribution >= 4 is 44.9 Å². The summed E-state index contributed by atoms with van der Waals surface area (Å²) in [4.78, 5) is 12.6. The highest BCUT2D eigenvalue weighted by molar-refractivity contribution is 9.10. The van der Waals surface area contributed by atoms with Gasteiger partial charge in [0.2, 0.25) is 0 Å². The van der Waals surface area contributed by atoms with E-state index < -0.39 is 0 Å². The van der Waals surface area contributed by atoms with Gasteiger partial charge in [-0.05, 0) is 33.8 Å². The fourth-order valence-electron chi connectivity index (χ4n) is 1.62. The summed E-state index contributed by atoms with van der Waals surface area (Å²) in [7, 11) is 0. The summed E-state index contributed by atoms with van der Waals surface area (Å²) in [5.74, 6) is 1.09. The maximum Gasteiger partial charge on any atom is 0.262 e. The zero-order chi connectivity index (χ0) is 10.8. The van der Waals surface area contributed by atoms with Crippen LogP contribution in [0.2, 0.25) is 0 Å². The van der Waals surface area contributed by atoms with Crippen LogP contribution in [0, 0.1) is 0 Å². The molecule has 0 bridgehead atoms. The first kappa shape index (κ1) is 11.5. The second-order valence-corrected chi connectivity index (χ2v) is 6.89. The van der Waals surface area contributed by atoms with Gasteiger partial charge in [0.05, 0.1) is 0 Å². The molecule has 1 aliphatic heterocycles. The van der Waals surface area contributed by atoms with Crippen molar-refractivity contribution in [1.82, 2.24) is 5.32 Å². The average molecular weight is 306 g/mol. The van der Waals surface area contributed by atoms with Crippen molar-refractivity contribution in [3.63, 3.8) is 0 Å². The molecule has 82 valence electrons. The molecule has 1 amide bonds. The molecule has 0 saturated carbocycles. The molecule has 1 saturated heterocycles. The minimum absolute atomic E-state index is 0.0524. The van der Waals surface area contributed by atoms with E-state index in [9.17, 15) is 4.79 Å². The lowest BCUT2D eigenvalue weighted by Gasteiger charge is -2.10. The number of hydrogen-bond acceptors (Lipinski definition) is 3. The van der Waals surface area contributed by atoms with Crippen LogP contribution in [0.4, 0.5) is 0 Å². The van der Waals surface area contributed by atoms with Gasteiger partial charge >= 0.3 is 0 Å². The molecule has 0 radical (unpaired) electrons. The molecule has 2 atom stereocenters. The van der Waals surface area contributed by atoms with Gasteiger partial charge in [-0.2, -0.15) is 11.8 Å². The minimum atomic E-state index is 0.0524. The van der Waals surface area contributed by atoms with E-state index in [4.69, 9.17) is 0 Å². The number of rotatable bonds is 2. The van der Waals surface area contributed by atoms with Crippen molar-refractivity contribution < 1.29 is 4.79 Å². The SMILES string of the molecule is CC1CC(NC(=O)c2sccc2Br)CS1. The number of halogens is 1. The number of nitrogens with one attached hydrogen (secondary N) is 1. The Morgan fingerprint density at radius 3 is 3.00 bits per heavy atom. The Morgan fingerprint density at radius 2 is 2.47 bits per heavy atom. The summed E-state index contributed by atoms with van der Waals surface area (Å²) in [5.41, 5.74) is 0. The molecule has 1 N–H and O–H groups in total. The van der Waals surface area contributed by atoms with Gasteiger partial charge in [0.25, 0.3) is 5.91 Å². The fourth-order valence-corrected chi connectivity index (χ4v) is 4.23. The molecule has 2 unspecified atom stereocenters. The molecule has 1 aliphatic rings. The van der Waals surface area contributed by atoms with E-state index in [0.29, 0.717) is 11.3 Å². The first-order valence-electron chi connectivity index (χ1n) is 4.82. The predicted octanol–water partition coefficient (Wildman–Crippen LogP) is 3.13. The van der Waals surface area contributed by atoms with E-state index in [1.807, 2.05) is 23.2 Å². The number of thiophene rings is 1. The molecule has 1 aromatic heterocycles. The Hall–Kier alpha value is -0.000000000000000111. The van der Waals surface area contributed by atoms with Crippen LogP contribution in [0.3, 0.4) is 0 Å². The van der Waals surface area contributed by atoms with Crippen LogP contribution >= 0.6 is 39.0 Å². The molecule has 2 nitrogen and oxygen atoms in total. The Balaban J connectivity index is 1.96. The van der Waals surface area contributed by atoms with Crippen molar-refractivity contribution in [2.45, 2.75) is 24.6 Å². The van der Waals surface area contributed by atoms with Crippen molar-refractivity contribution in [3.8, 4) is 0 Å². The third-order valence-electron chi connectivity index (χ3n) is 2.36. The number of amides is 1. The monoisotopic (exact) mass is 305 g/mol. The van der Waals surface area contributed by atoms with Gasteiger partial charge in [-0.1, -0.05) is 6.92 Å². The molecule has 5 heteroatoms. The smallest absolute Gasteiger partial charge is 0.262 e. The fraction of sp³-hybridized carbons (Fsp3) is 0.500. The average Bonchev–Trinajstić information content (AvgIpc) is 2.75. The molecular formula is C10H12BrNOS2. The van der Waals surface area contributed by atoms with Crippen molar-refractivity contribution in [2.24, 2.45) is 0 Å². The lowest BCUT2D eigenvalue weighted by atomic mass is 10.2. The third-order valence-corrected chi connectivity index (χ3v) is 5.55. The first-order chi connectivity index (χ1) is 7.16. The highest BCUT2D eigenvalue weighted by atomic mass is 79.9. The molecule has 0 spiro atoms. The van der Waals surface area contributed by atoms with Gasteiger partial charge in [0.1, 0.15) is 4.88 Å². The zero-order valence-corrected chi connectivity index (χ0v) is 11.5. The van der Waals surface area contributed by atoms with Crippen LogP contribution in [0.25, 0.3) is 0 Å². The highest BCUT2D eigenvalue weighted by Crippen LogP contribution is 2.27. The molecule has 1 fully saturated rings. The molecule has 15 heavy (non-hydrogen) atoms. The lowest BCUT2D eigenvalue weighted by Crippen LogP contribution is -2.34. The summed E-state index contributed by atoms with van der Waals surface area (Å²) in [5, 5.41) is 5.66. The molecule has 0 aromatic carbocycles. The maximum atomic E-state index is 11.8. The zero-order valence-electron chi connectivity index (χ0n) is 8.33. The van der Waals surface area contributed by atoms with Crippen LogP contribution in [0.15, 0.2) is 15.9 Å². The van der Waals surface area contributed by atoms with Crippen LogP contribution < -0.4 is 5.32 Å². The van der Waals surface area contributed by atoms with E-state index in [1.54, 1.807) is 0 Å². The summed E-state index contributed by atoms with van der Waals surface area (Å²) in [6, 6.07) is 2.25. The second kappa shape index (κ2) is 4.89. The number of hydrogen-bond donors (Lipinski definition) is 1.